The quantitative estimate of drug-likeness (QED) is 0.468. The first-order chi connectivity index (χ1) is 9.61. The smallest absolute Gasteiger partial charge is 0.193 e. The summed E-state index contributed by atoms with van der Waals surface area (Å²) in [5, 5.41) is 4.29. The average molecular weight is 404 g/mol. The van der Waals surface area contributed by atoms with Crippen LogP contribution in [0.25, 0.3) is 10.9 Å². The van der Waals surface area contributed by atoms with Gasteiger partial charge in [0.2, 0.25) is 0 Å². The minimum absolute atomic E-state index is 0. The fourth-order valence-corrected chi connectivity index (χ4v) is 2.16. The fraction of sp³-hybridized carbons (Fsp3) is 0.400. The Labute approximate surface area is 141 Å². The molecule has 0 unspecified atom stereocenters. The number of benzene rings is 1. The van der Waals surface area contributed by atoms with E-state index in [0.717, 1.165) is 29.8 Å². The van der Waals surface area contributed by atoms with E-state index in [-0.39, 0.29) is 29.8 Å². The zero-order valence-corrected chi connectivity index (χ0v) is 14.9. The maximum atomic E-state index is 13.1. The van der Waals surface area contributed by atoms with Gasteiger partial charge in [0.05, 0.1) is 0 Å². The molecule has 1 aromatic heterocycles. The number of guanidine groups is 1. The van der Waals surface area contributed by atoms with E-state index in [9.17, 15) is 4.39 Å². The van der Waals surface area contributed by atoms with Crippen molar-refractivity contribution in [2.24, 2.45) is 4.99 Å². The summed E-state index contributed by atoms with van der Waals surface area (Å²) in [6, 6.07) is 4.83. The van der Waals surface area contributed by atoms with Gasteiger partial charge < -0.3 is 15.2 Å². The summed E-state index contributed by atoms with van der Waals surface area (Å²) in [6.07, 6.45) is 2.76. The number of aromatic nitrogens is 1. The van der Waals surface area contributed by atoms with Gasteiger partial charge in [0.1, 0.15) is 5.82 Å². The lowest BCUT2D eigenvalue weighted by atomic mass is 10.1. The van der Waals surface area contributed by atoms with Crippen LogP contribution in [0.1, 0.15) is 12.5 Å². The number of halogens is 2. The number of hydrogen-bond acceptors (Lipinski definition) is 1. The molecule has 0 fully saturated rings. The van der Waals surface area contributed by atoms with Crippen molar-refractivity contribution in [1.29, 1.82) is 0 Å². The Morgan fingerprint density at radius 2 is 2.14 bits per heavy atom. The summed E-state index contributed by atoms with van der Waals surface area (Å²) in [4.78, 5) is 9.62. The number of hydrogen-bond donors (Lipinski definition) is 2. The van der Waals surface area contributed by atoms with Crippen LogP contribution in [-0.2, 0) is 6.42 Å². The number of H-pyrrole nitrogens is 1. The second-order valence-corrected chi connectivity index (χ2v) is 4.88. The summed E-state index contributed by atoms with van der Waals surface area (Å²) < 4.78 is 13.1. The third-order valence-electron chi connectivity index (χ3n) is 3.13. The van der Waals surface area contributed by atoms with Gasteiger partial charge in [-0.15, -0.1) is 24.0 Å². The lowest BCUT2D eigenvalue weighted by molar-refractivity contribution is 0.583. The van der Waals surface area contributed by atoms with Gasteiger partial charge in [0.15, 0.2) is 5.96 Å². The highest BCUT2D eigenvalue weighted by Gasteiger charge is 2.05. The second-order valence-electron chi connectivity index (χ2n) is 4.88. The molecule has 2 aromatic rings. The molecule has 1 heterocycles. The first-order valence-electron chi connectivity index (χ1n) is 6.83. The predicted molar refractivity (Wildman–Crippen MR) is 97.0 cm³/mol. The SMILES string of the molecule is CCNC(=NCCc1c[nH]c2cc(F)ccc12)N(C)C.I. The normalized spacial score (nSPS) is 11.3. The van der Waals surface area contributed by atoms with Crippen molar-refractivity contribution < 1.29 is 4.39 Å². The topological polar surface area (TPSA) is 43.4 Å². The molecule has 0 aliphatic rings. The maximum Gasteiger partial charge on any atom is 0.193 e. The first-order valence-corrected chi connectivity index (χ1v) is 6.83. The van der Waals surface area contributed by atoms with Crippen molar-refractivity contribution >= 4 is 40.8 Å². The molecule has 2 N–H and O–H groups in total. The van der Waals surface area contributed by atoms with Gasteiger partial charge >= 0.3 is 0 Å². The molecule has 0 saturated heterocycles. The van der Waals surface area contributed by atoms with Gasteiger partial charge in [-0.3, -0.25) is 4.99 Å². The Hall–Kier alpha value is -1.31. The Kier molecular flexibility index (Phi) is 6.94. The molecule has 6 heteroatoms. The van der Waals surface area contributed by atoms with Gasteiger partial charge in [0, 0.05) is 44.3 Å². The van der Waals surface area contributed by atoms with E-state index in [4.69, 9.17) is 0 Å². The van der Waals surface area contributed by atoms with Gasteiger partial charge in [-0.1, -0.05) is 0 Å². The molecule has 0 spiro atoms. The van der Waals surface area contributed by atoms with Crippen LogP contribution in [0.3, 0.4) is 0 Å². The Balaban J connectivity index is 0.00000220. The molecule has 0 aliphatic carbocycles. The average Bonchev–Trinajstić information content (AvgIpc) is 2.80. The number of aromatic amines is 1. The van der Waals surface area contributed by atoms with Gasteiger partial charge in [0.25, 0.3) is 0 Å². The van der Waals surface area contributed by atoms with E-state index in [1.165, 1.54) is 17.7 Å². The molecule has 4 nitrogen and oxygen atoms in total. The number of nitrogens with zero attached hydrogens (tertiary/aromatic N) is 2. The van der Waals surface area contributed by atoms with E-state index >= 15 is 0 Å². The van der Waals surface area contributed by atoms with Crippen LogP contribution in [0.5, 0.6) is 0 Å². The van der Waals surface area contributed by atoms with Gasteiger partial charge in [-0.25, -0.2) is 4.39 Å². The van der Waals surface area contributed by atoms with Crippen molar-refractivity contribution in [3.05, 3.63) is 35.8 Å². The first kappa shape index (κ1) is 17.7. The standard InChI is InChI=1S/C15H21FN4.HI/c1-4-17-15(20(2)3)18-8-7-11-10-19-14-9-12(16)5-6-13(11)14;/h5-6,9-10,19H,4,7-8H2,1-3H3,(H,17,18);1H. The molecule has 0 aliphatic heterocycles. The molecule has 0 saturated carbocycles. The summed E-state index contributed by atoms with van der Waals surface area (Å²) in [6.45, 7) is 3.60. The zero-order chi connectivity index (χ0) is 14.5. The van der Waals surface area contributed by atoms with E-state index in [1.54, 1.807) is 0 Å². The van der Waals surface area contributed by atoms with Crippen molar-refractivity contribution in [2.75, 3.05) is 27.2 Å². The van der Waals surface area contributed by atoms with Crippen molar-refractivity contribution in [1.82, 2.24) is 15.2 Å². The summed E-state index contributed by atoms with van der Waals surface area (Å²) >= 11 is 0. The van der Waals surface area contributed by atoms with E-state index in [2.05, 4.69) is 15.3 Å². The lowest BCUT2D eigenvalue weighted by Crippen LogP contribution is -2.36. The third-order valence-corrected chi connectivity index (χ3v) is 3.13. The highest BCUT2D eigenvalue weighted by Crippen LogP contribution is 2.19. The van der Waals surface area contributed by atoms with Gasteiger partial charge in [-0.05, 0) is 37.1 Å². The van der Waals surface area contributed by atoms with Crippen LogP contribution in [0.15, 0.2) is 29.4 Å². The zero-order valence-electron chi connectivity index (χ0n) is 12.6. The van der Waals surface area contributed by atoms with Crippen molar-refractivity contribution in [3.8, 4) is 0 Å². The molecule has 0 radical (unpaired) electrons. The number of aliphatic imine (C=N–C) groups is 1. The molecule has 0 atom stereocenters. The van der Waals surface area contributed by atoms with E-state index in [1.807, 2.05) is 38.2 Å². The van der Waals surface area contributed by atoms with Crippen LogP contribution >= 0.6 is 24.0 Å². The van der Waals surface area contributed by atoms with Crippen molar-refractivity contribution in [3.63, 3.8) is 0 Å². The Morgan fingerprint density at radius 1 is 1.38 bits per heavy atom. The van der Waals surface area contributed by atoms with Crippen LogP contribution in [0, 0.1) is 5.82 Å². The number of rotatable bonds is 4. The summed E-state index contributed by atoms with van der Waals surface area (Å²) in [7, 11) is 3.94. The van der Waals surface area contributed by atoms with Gasteiger partial charge in [-0.2, -0.15) is 0 Å². The molecule has 1 aromatic carbocycles. The molecule has 0 bridgehead atoms. The maximum absolute atomic E-state index is 13.1. The molecule has 116 valence electrons. The number of fused-ring (bicyclic) bond motifs is 1. The lowest BCUT2D eigenvalue weighted by Gasteiger charge is -2.16. The van der Waals surface area contributed by atoms with E-state index in [0.29, 0.717) is 6.54 Å². The molecular formula is C15H22FIN4. The second kappa shape index (κ2) is 8.21. The van der Waals surface area contributed by atoms with Crippen LogP contribution < -0.4 is 5.32 Å². The van der Waals surface area contributed by atoms with Crippen LogP contribution in [0.2, 0.25) is 0 Å². The minimum atomic E-state index is -0.217. The molecule has 2 rings (SSSR count). The summed E-state index contributed by atoms with van der Waals surface area (Å²) in [5.74, 6) is 0.671. The summed E-state index contributed by atoms with van der Waals surface area (Å²) in [5.41, 5.74) is 2.00. The largest absolute Gasteiger partial charge is 0.361 e. The van der Waals surface area contributed by atoms with Crippen LogP contribution in [-0.4, -0.2) is 43.0 Å². The Morgan fingerprint density at radius 3 is 2.81 bits per heavy atom. The fourth-order valence-electron chi connectivity index (χ4n) is 2.16. The van der Waals surface area contributed by atoms with Crippen molar-refractivity contribution in [2.45, 2.75) is 13.3 Å². The number of nitrogens with one attached hydrogen (secondary N) is 2. The Bertz CT molecular complexity index is 607. The highest BCUT2D eigenvalue weighted by molar-refractivity contribution is 14.0. The molecular weight excluding hydrogens is 382 g/mol. The monoisotopic (exact) mass is 404 g/mol. The van der Waals surface area contributed by atoms with Crippen LogP contribution in [0.4, 0.5) is 4.39 Å². The predicted octanol–water partition coefficient (Wildman–Crippen LogP) is 2.99. The molecule has 21 heavy (non-hydrogen) atoms. The molecule has 0 amide bonds. The third kappa shape index (κ3) is 4.59. The minimum Gasteiger partial charge on any atom is -0.361 e. The highest BCUT2D eigenvalue weighted by atomic mass is 127. The van der Waals surface area contributed by atoms with E-state index < -0.39 is 0 Å².